The summed E-state index contributed by atoms with van der Waals surface area (Å²) < 4.78 is 28.3. The molecule has 0 spiro atoms. The molecule has 218 valence electrons. The Kier molecular flexibility index (Phi) is 9.11. The fraction of sp³-hybridized carbons (Fsp3) is 0.419. The molecular weight excluding hydrogens is 528 g/mol. The van der Waals surface area contributed by atoms with Crippen molar-refractivity contribution in [1.29, 1.82) is 0 Å². The lowest BCUT2D eigenvalue weighted by atomic mass is 9.94. The van der Waals surface area contributed by atoms with Gasteiger partial charge in [-0.25, -0.2) is 0 Å². The third-order valence-electron chi connectivity index (χ3n) is 7.27. The number of amides is 1. The summed E-state index contributed by atoms with van der Waals surface area (Å²) in [6.45, 7) is 11.2. The van der Waals surface area contributed by atoms with Crippen molar-refractivity contribution in [2.45, 2.75) is 19.4 Å². The zero-order valence-corrected chi connectivity index (χ0v) is 23.3. The first-order chi connectivity index (χ1) is 20.0. The molecule has 1 amide bonds. The van der Waals surface area contributed by atoms with Crippen molar-refractivity contribution < 1.29 is 38.4 Å². The third kappa shape index (κ3) is 6.18. The van der Waals surface area contributed by atoms with Gasteiger partial charge in [0.1, 0.15) is 25.6 Å². The molecule has 2 aromatic carbocycles. The van der Waals surface area contributed by atoms with Crippen LogP contribution in [0.5, 0.6) is 23.0 Å². The molecule has 0 bridgehead atoms. The Morgan fingerprint density at radius 2 is 1.78 bits per heavy atom. The molecule has 10 heteroatoms. The molecule has 1 N–H and O–H groups in total. The summed E-state index contributed by atoms with van der Waals surface area (Å²) in [6.07, 6.45) is 2.30. The Bertz CT molecular complexity index is 1320. The molecule has 0 radical (unpaired) electrons. The second kappa shape index (κ2) is 13.1. The monoisotopic (exact) mass is 564 g/mol. The van der Waals surface area contributed by atoms with Crippen molar-refractivity contribution in [3.05, 3.63) is 65.8 Å². The van der Waals surface area contributed by atoms with E-state index in [-0.39, 0.29) is 11.3 Å². The third-order valence-corrected chi connectivity index (χ3v) is 7.27. The lowest BCUT2D eigenvalue weighted by Gasteiger charge is -2.29. The summed E-state index contributed by atoms with van der Waals surface area (Å²) in [5, 5.41) is 11.5. The molecule has 3 aliphatic heterocycles. The molecule has 0 aromatic heterocycles. The Labute approximate surface area is 239 Å². The van der Waals surface area contributed by atoms with Crippen molar-refractivity contribution in [3.8, 4) is 23.0 Å². The van der Waals surface area contributed by atoms with Crippen molar-refractivity contribution in [2.24, 2.45) is 0 Å². The number of hydrogen-bond acceptors (Lipinski definition) is 9. The highest BCUT2D eigenvalue weighted by molar-refractivity contribution is 6.46. The predicted octanol–water partition coefficient (Wildman–Crippen LogP) is 3.57. The van der Waals surface area contributed by atoms with E-state index in [4.69, 9.17) is 23.7 Å². The van der Waals surface area contributed by atoms with Gasteiger partial charge < -0.3 is 33.7 Å². The van der Waals surface area contributed by atoms with Gasteiger partial charge in [-0.1, -0.05) is 18.7 Å². The van der Waals surface area contributed by atoms with Gasteiger partial charge in [-0.15, -0.1) is 0 Å². The maximum absolute atomic E-state index is 13.5. The quantitative estimate of drug-likeness (QED) is 0.190. The number of morpholine rings is 1. The Morgan fingerprint density at radius 3 is 2.54 bits per heavy atom. The topological polar surface area (TPSA) is 107 Å². The minimum absolute atomic E-state index is 0.0141. The largest absolute Gasteiger partial charge is 0.507 e. The average Bonchev–Trinajstić information content (AvgIpc) is 3.25. The zero-order chi connectivity index (χ0) is 28.8. The van der Waals surface area contributed by atoms with Crippen LogP contribution >= 0.6 is 0 Å². The van der Waals surface area contributed by atoms with Gasteiger partial charge in [0.2, 0.25) is 0 Å². The van der Waals surface area contributed by atoms with Crippen LogP contribution in [0.15, 0.2) is 54.6 Å². The lowest BCUT2D eigenvalue weighted by molar-refractivity contribution is -0.140. The molecule has 10 nitrogen and oxygen atoms in total. The smallest absolute Gasteiger partial charge is 0.295 e. The van der Waals surface area contributed by atoms with Gasteiger partial charge in [0.05, 0.1) is 31.4 Å². The summed E-state index contributed by atoms with van der Waals surface area (Å²) in [5.74, 6) is 0.366. The van der Waals surface area contributed by atoms with Crippen LogP contribution in [-0.2, 0) is 14.3 Å². The van der Waals surface area contributed by atoms with E-state index >= 15 is 0 Å². The van der Waals surface area contributed by atoms with Crippen molar-refractivity contribution >= 4 is 17.4 Å². The van der Waals surface area contributed by atoms with Crippen LogP contribution in [0.2, 0.25) is 0 Å². The first-order valence-electron chi connectivity index (χ1n) is 14.0. The average molecular weight is 565 g/mol. The summed E-state index contributed by atoms with van der Waals surface area (Å²) in [6, 6.07) is 9.47. The maximum Gasteiger partial charge on any atom is 0.295 e. The minimum atomic E-state index is -0.819. The second-order valence-corrected chi connectivity index (χ2v) is 9.90. The van der Waals surface area contributed by atoms with Crippen LogP contribution in [0.25, 0.3) is 5.76 Å². The maximum atomic E-state index is 13.5. The van der Waals surface area contributed by atoms with Gasteiger partial charge in [-0.05, 0) is 49.2 Å². The molecule has 2 aromatic rings. The van der Waals surface area contributed by atoms with E-state index in [1.807, 2.05) is 6.92 Å². The Hall–Kier alpha value is -4.02. The number of rotatable bonds is 11. The molecule has 5 rings (SSSR count). The number of aliphatic hydroxyl groups excluding tert-OH is 1. The number of aliphatic hydroxyl groups is 1. The van der Waals surface area contributed by atoms with E-state index in [1.165, 1.54) is 0 Å². The number of hydrogen-bond donors (Lipinski definition) is 1. The summed E-state index contributed by atoms with van der Waals surface area (Å²) in [4.78, 5) is 30.8. The Morgan fingerprint density at radius 1 is 1.00 bits per heavy atom. The molecule has 41 heavy (non-hydrogen) atoms. The van der Waals surface area contributed by atoms with Crippen LogP contribution in [-0.4, -0.2) is 92.4 Å². The molecule has 2 fully saturated rings. The van der Waals surface area contributed by atoms with Gasteiger partial charge >= 0.3 is 0 Å². The van der Waals surface area contributed by atoms with Gasteiger partial charge in [-0.2, -0.15) is 0 Å². The van der Waals surface area contributed by atoms with E-state index in [1.54, 1.807) is 47.4 Å². The predicted molar refractivity (Wildman–Crippen MR) is 152 cm³/mol. The van der Waals surface area contributed by atoms with Crippen LogP contribution in [0, 0.1) is 0 Å². The van der Waals surface area contributed by atoms with Crippen molar-refractivity contribution in [3.63, 3.8) is 0 Å². The molecule has 1 unspecified atom stereocenters. The summed E-state index contributed by atoms with van der Waals surface area (Å²) in [5.41, 5.74) is 1.01. The van der Waals surface area contributed by atoms with Crippen LogP contribution in [0.1, 0.15) is 30.5 Å². The van der Waals surface area contributed by atoms with E-state index in [2.05, 4.69) is 11.5 Å². The highest BCUT2D eigenvalue weighted by atomic mass is 16.6. The van der Waals surface area contributed by atoms with E-state index < -0.39 is 17.7 Å². The molecule has 3 heterocycles. The van der Waals surface area contributed by atoms with E-state index in [0.29, 0.717) is 86.7 Å². The summed E-state index contributed by atoms with van der Waals surface area (Å²) in [7, 11) is 0. The standard InChI is InChI=1S/C31H36N2O8/c1-3-14-39-23-8-6-21(19-25(23)38-4-2)28-27(29(34)22-7-9-24-26(20-22)41-18-17-40-24)30(35)31(36)33(28)11-5-10-32-12-15-37-16-13-32/h3,6-9,19-20,28,34H,1,4-5,10-18H2,2H3/b29-27-. The van der Waals surface area contributed by atoms with Crippen LogP contribution in [0.4, 0.5) is 0 Å². The number of carbonyl (C=O) groups excluding carboxylic acids is 2. The second-order valence-electron chi connectivity index (χ2n) is 9.90. The first-order valence-corrected chi connectivity index (χ1v) is 14.0. The van der Waals surface area contributed by atoms with Gasteiger partial charge in [-0.3, -0.25) is 14.5 Å². The molecule has 2 saturated heterocycles. The Balaban J connectivity index is 1.53. The molecule has 3 aliphatic rings. The number of likely N-dealkylation sites (tertiary alicyclic amines) is 1. The SMILES string of the molecule is C=CCOc1ccc(C2/C(=C(/O)c3ccc4c(c3)OCCO4)C(=O)C(=O)N2CCCN2CCOCC2)cc1OCC. The highest BCUT2D eigenvalue weighted by Crippen LogP contribution is 2.43. The van der Waals surface area contributed by atoms with Crippen LogP contribution < -0.4 is 18.9 Å². The normalized spacial score (nSPS) is 20.2. The molecular formula is C31H36N2O8. The van der Waals surface area contributed by atoms with Crippen molar-refractivity contribution in [2.75, 3.05) is 65.8 Å². The summed E-state index contributed by atoms with van der Waals surface area (Å²) >= 11 is 0. The van der Waals surface area contributed by atoms with Gasteiger partial charge in [0, 0.05) is 31.7 Å². The number of ether oxygens (including phenoxy) is 5. The fourth-order valence-corrected chi connectivity index (χ4v) is 5.32. The highest BCUT2D eigenvalue weighted by Gasteiger charge is 2.46. The zero-order valence-electron chi connectivity index (χ0n) is 23.3. The van der Waals surface area contributed by atoms with Gasteiger partial charge in [0.15, 0.2) is 23.0 Å². The minimum Gasteiger partial charge on any atom is -0.507 e. The number of carbonyl (C=O) groups is 2. The number of Topliss-reactive ketones (excluding diaryl/α,β-unsaturated/α-hetero) is 1. The number of nitrogens with zero attached hydrogens (tertiary/aromatic N) is 2. The number of fused-ring (bicyclic) bond motifs is 1. The number of ketones is 1. The van der Waals surface area contributed by atoms with E-state index in [9.17, 15) is 14.7 Å². The first kappa shape index (κ1) is 28.5. The van der Waals surface area contributed by atoms with Gasteiger partial charge in [0.25, 0.3) is 11.7 Å². The lowest BCUT2D eigenvalue weighted by Crippen LogP contribution is -2.39. The fourth-order valence-electron chi connectivity index (χ4n) is 5.32. The molecule has 1 atom stereocenters. The van der Waals surface area contributed by atoms with Crippen molar-refractivity contribution in [1.82, 2.24) is 9.80 Å². The molecule has 0 saturated carbocycles. The molecule has 0 aliphatic carbocycles. The van der Waals surface area contributed by atoms with E-state index in [0.717, 1.165) is 19.6 Å². The van der Waals surface area contributed by atoms with Crippen LogP contribution in [0.3, 0.4) is 0 Å². The number of benzene rings is 2.